The van der Waals surface area contributed by atoms with Crippen molar-refractivity contribution < 1.29 is 24.1 Å². The topological polar surface area (TPSA) is 103 Å². The van der Waals surface area contributed by atoms with Gasteiger partial charge in [0.15, 0.2) is 11.5 Å². The summed E-state index contributed by atoms with van der Waals surface area (Å²) in [5.41, 5.74) is 8.43. The average molecular weight is 529 g/mol. The monoisotopic (exact) mass is 528 g/mol. The number of para-hydroxylation sites is 1. The summed E-state index contributed by atoms with van der Waals surface area (Å²) >= 11 is 0. The normalized spacial score (nSPS) is 14.7. The third-order valence-electron chi connectivity index (χ3n) is 7.17. The van der Waals surface area contributed by atoms with Crippen LogP contribution < -0.4 is 20.5 Å². The number of aliphatic hydroxyl groups excluding tert-OH is 1. The van der Waals surface area contributed by atoms with Crippen molar-refractivity contribution in [1.82, 2.24) is 0 Å². The summed E-state index contributed by atoms with van der Waals surface area (Å²) in [6, 6.07) is 15.0. The summed E-state index contributed by atoms with van der Waals surface area (Å²) in [4.78, 5) is 13.0. The number of nitrogens with one attached hydrogen (secondary N) is 1. The van der Waals surface area contributed by atoms with Crippen molar-refractivity contribution in [3.63, 3.8) is 0 Å². The number of rotatable bonds is 17. The van der Waals surface area contributed by atoms with Gasteiger partial charge in [0.05, 0.1) is 19.8 Å². The second kappa shape index (κ2) is 16.4. The molecule has 38 heavy (non-hydrogen) atoms. The Morgan fingerprint density at radius 1 is 0.947 bits per heavy atom. The van der Waals surface area contributed by atoms with Crippen LogP contribution in [0.15, 0.2) is 48.5 Å². The van der Waals surface area contributed by atoms with E-state index in [-0.39, 0.29) is 23.7 Å². The van der Waals surface area contributed by atoms with Crippen LogP contribution in [0, 0.1) is 23.7 Å². The SMILES string of the molecule is COCCCOc1cc(C[C@@H](C[C@H](N)[C@@H](O)C[C@H](C(=O)Nc2ccccc2)C(C)C)C(C)C)ccc1OC. The van der Waals surface area contributed by atoms with Crippen LogP contribution in [0.2, 0.25) is 0 Å². The highest BCUT2D eigenvalue weighted by molar-refractivity contribution is 5.92. The van der Waals surface area contributed by atoms with Crippen molar-refractivity contribution in [2.45, 2.75) is 65.5 Å². The van der Waals surface area contributed by atoms with Crippen LogP contribution in [-0.4, -0.2) is 50.6 Å². The quantitative estimate of drug-likeness (QED) is 0.241. The van der Waals surface area contributed by atoms with Crippen LogP contribution in [0.5, 0.6) is 11.5 Å². The van der Waals surface area contributed by atoms with Crippen LogP contribution in [0.3, 0.4) is 0 Å². The van der Waals surface area contributed by atoms with Crippen LogP contribution in [0.1, 0.15) is 52.5 Å². The van der Waals surface area contributed by atoms with Crippen LogP contribution in [0.4, 0.5) is 5.69 Å². The van der Waals surface area contributed by atoms with E-state index >= 15 is 0 Å². The number of nitrogens with two attached hydrogens (primary N) is 1. The van der Waals surface area contributed by atoms with E-state index in [0.717, 1.165) is 29.8 Å². The molecule has 2 aromatic rings. The Hall–Kier alpha value is -2.61. The highest BCUT2D eigenvalue weighted by atomic mass is 16.5. The Morgan fingerprint density at radius 2 is 1.66 bits per heavy atom. The molecule has 212 valence electrons. The molecule has 0 saturated heterocycles. The standard InChI is InChI=1S/C31H48N2O5/c1-21(2)24(17-23-13-14-29(37-6)30(18-23)38-16-10-15-36-5)19-27(32)28(34)20-26(22(3)4)31(35)33-25-11-8-7-9-12-25/h7-9,11-14,18,21-22,24,26-28,34H,10,15-17,19-20,32H2,1-6H3,(H,33,35)/t24-,26-,27-,28-/m0/s1. The minimum Gasteiger partial charge on any atom is -0.493 e. The van der Waals surface area contributed by atoms with Crippen molar-refractivity contribution in [2.24, 2.45) is 29.4 Å². The lowest BCUT2D eigenvalue weighted by Crippen LogP contribution is -2.41. The molecule has 0 heterocycles. The summed E-state index contributed by atoms with van der Waals surface area (Å²) in [6.07, 6.45) is 1.80. The zero-order valence-corrected chi connectivity index (χ0v) is 24.0. The molecule has 1 amide bonds. The van der Waals surface area contributed by atoms with Gasteiger partial charge in [0.2, 0.25) is 5.91 Å². The fourth-order valence-electron chi connectivity index (χ4n) is 4.62. The lowest BCUT2D eigenvalue weighted by molar-refractivity contribution is -0.122. The Morgan fingerprint density at radius 3 is 2.26 bits per heavy atom. The van der Waals surface area contributed by atoms with E-state index in [1.807, 2.05) is 56.3 Å². The molecule has 4 atom stereocenters. The van der Waals surface area contributed by atoms with E-state index in [4.69, 9.17) is 19.9 Å². The number of hydrogen-bond acceptors (Lipinski definition) is 6. The molecule has 0 radical (unpaired) electrons. The van der Waals surface area contributed by atoms with Gasteiger partial charge in [-0.3, -0.25) is 4.79 Å². The van der Waals surface area contributed by atoms with Crippen molar-refractivity contribution >= 4 is 11.6 Å². The molecule has 0 spiro atoms. The predicted molar refractivity (Wildman–Crippen MR) is 154 cm³/mol. The van der Waals surface area contributed by atoms with E-state index < -0.39 is 12.1 Å². The number of methoxy groups -OCH3 is 2. The first-order chi connectivity index (χ1) is 18.2. The van der Waals surface area contributed by atoms with E-state index in [2.05, 4.69) is 25.2 Å². The number of benzene rings is 2. The van der Waals surface area contributed by atoms with Crippen LogP contribution in [0.25, 0.3) is 0 Å². The van der Waals surface area contributed by atoms with Crippen molar-refractivity contribution in [2.75, 3.05) is 32.8 Å². The maximum absolute atomic E-state index is 13.0. The summed E-state index contributed by atoms with van der Waals surface area (Å²) in [5, 5.41) is 14.0. The van der Waals surface area contributed by atoms with Crippen LogP contribution in [-0.2, 0) is 16.0 Å². The zero-order chi connectivity index (χ0) is 28.1. The molecule has 0 fully saturated rings. The molecule has 4 N–H and O–H groups in total. The Kier molecular flexibility index (Phi) is 13.6. The predicted octanol–water partition coefficient (Wildman–Crippen LogP) is 5.30. The van der Waals surface area contributed by atoms with Gasteiger partial charge in [0.1, 0.15) is 0 Å². The summed E-state index contributed by atoms with van der Waals surface area (Å²) in [6.45, 7) is 9.56. The molecule has 0 aliphatic rings. The Bertz CT molecular complexity index is 951. The molecule has 0 bridgehead atoms. The summed E-state index contributed by atoms with van der Waals surface area (Å²) in [7, 11) is 3.32. The molecule has 0 aliphatic heterocycles. The summed E-state index contributed by atoms with van der Waals surface area (Å²) in [5.74, 6) is 1.68. The van der Waals surface area contributed by atoms with Crippen molar-refractivity contribution in [3.05, 3.63) is 54.1 Å². The Balaban J connectivity index is 2.03. The molecule has 0 saturated carbocycles. The number of hydrogen-bond donors (Lipinski definition) is 3. The maximum Gasteiger partial charge on any atom is 0.227 e. The van der Waals surface area contributed by atoms with Gasteiger partial charge in [-0.2, -0.15) is 0 Å². The lowest BCUT2D eigenvalue weighted by atomic mass is 9.81. The van der Waals surface area contributed by atoms with Gasteiger partial charge in [-0.15, -0.1) is 0 Å². The van der Waals surface area contributed by atoms with E-state index in [1.54, 1.807) is 14.2 Å². The molecule has 7 nitrogen and oxygen atoms in total. The third kappa shape index (κ3) is 10.3. The van der Waals surface area contributed by atoms with E-state index in [1.165, 1.54) is 0 Å². The molecule has 2 rings (SSSR count). The minimum absolute atomic E-state index is 0.0723. The van der Waals surface area contributed by atoms with Crippen LogP contribution >= 0.6 is 0 Å². The molecular weight excluding hydrogens is 480 g/mol. The first-order valence-electron chi connectivity index (χ1n) is 13.7. The highest BCUT2D eigenvalue weighted by Gasteiger charge is 2.30. The fraction of sp³-hybridized carbons (Fsp3) is 0.581. The van der Waals surface area contributed by atoms with Crippen molar-refractivity contribution in [3.8, 4) is 11.5 Å². The van der Waals surface area contributed by atoms with Crippen molar-refractivity contribution in [1.29, 1.82) is 0 Å². The van der Waals surface area contributed by atoms with Gasteiger partial charge in [-0.05, 0) is 66.8 Å². The van der Waals surface area contributed by atoms with Gasteiger partial charge in [-0.25, -0.2) is 0 Å². The lowest BCUT2D eigenvalue weighted by Gasteiger charge is -2.30. The Labute approximate surface area is 229 Å². The molecule has 7 heteroatoms. The maximum atomic E-state index is 13.0. The number of carbonyl (C=O) groups excluding carboxylic acids is 1. The van der Waals surface area contributed by atoms with E-state index in [9.17, 15) is 9.90 Å². The number of aliphatic hydroxyl groups is 1. The smallest absolute Gasteiger partial charge is 0.227 e. The first-order valence-corrected chi connectivity index (χ1v) is 13.7. The zero-order valence-electron chi connectivity index (χ0n) is 24.0. The van der Waals surface area contributed by atoms with E-state index in [0.29, 0.717) is 37.7 Å². The summed E-state index contributed by atoms with van der Waals surface area (Å²) < 4.78 is 16.5. The number of amides is 1. The third-order valence-corrected chi connectivity index (χ3v) is 7.17. The van der Waals surface area contributed by atoms with Gasteiger partial charge < -0.3 is 30.4 Å². The average Bonchev–Trinajstić information content (AvgIpc) is 2.89. The van der Waals surface area contributed by atoms with Gasteiger partial charge >= 0.3 is 0 Å². The minimum atomic E-state index is -0.777. The van der Waals surface area contributed by atoms with Gasteiger partial charge in [0, 0.05) is 37.8 Å². The molecular formula is C31H48N2O5. The van der Waals surface area contributed by atoms with Gasteiger partial charge in [0.25, 0.3) is 0 Å². The largest absolute Gasteiger partial charge is 0.493 e. The van der Waals surface area contributed by atoms with Gasteiger partial charge in [-0.1, -0.05) is 52.0 Å². The molecule has 0 aromatic heterocycles. The molecule has 0 aliphatic carbocycles. The number of anilines is 1. The first kappa shape index (κ1) is 31.6. The number of carbonyl (C=O) groups is 1. The highest BCUT2D eigenvalue weighted by Crippen LogP contribution is 2.32. The molecule has 0 unspecified atom stereocenters. The second-order valence-corrected chi connectivity index (χ2v) is 10.8. The fourth-order valence-corrected chi connectivity index (χ4v) is 4.62. The molecule has 2 aromatic carbocycles. The number of ether oxygens (including phenoxy) is 3. The second-order valence-electron chi connectivity index (χ2n) is 10.8.